The Labute approximate surface area is 177 Å². The number of amides is 2. The molecule has 2 aliphatic carbocycles. The van der Waals surface area contributed by atoms with Gasteiger partial charge in [-0.05, 0) is 87.9 Å². The van der Waals surface area contributed by atoms with E-state index in [4.69, 9.17) is 0 Å². The molecule has 0 aliphatic heterocycles. The largest absolute Gasteiger partial charge is 0.333 e. The molecular formula is C21H29N5O3S. The summed E-state index contributed by atoms with van der Waals surface area (Å²) in [5.41, 5.74) is 5.69. The number of rotatable bonds is 6. The van der Waals surface area contributed by atoms with Gasteiger partial charge in [-0.2, -0.15) is 13.5 Å². The zero-order valence-corrected chi connectivity index (χ0v) is 18.6. The number of hydrogen-bond donors (Lipinski definition) is 2. The van der Waals surface area contributed by atoms with Crippen LogP contribution >= 0.6 is 0 Å². The molecule has 1 aromatic carbocycles. The molecule has 4 rings (SSSR count). The highest BCUT2D eigenvalue weighted by atomic mass is 32.2. The van der Waals surface area contributed by atoms with E-state index in [0.717, 1.165) is 61.9 Å². The third kappa shape index (κ3) is 4.09. The molecule has 30 heavy (non-hydrogen) atoms. The maximum Gasteiger partial charge on any atom is 0.333 e. The van der Waals surface area contributed by atoms with Gasteiger partial charge in [0.15, 0.2) is 5.03 Å². The van der Waals surface area contributed by atoms with Crippen LogP contribution in [0, 0.1) is 0 Å². The molecule has 0 fully saturated rings. The minimum Gasteiger partial charge on any atom is -0.307 e. The molecule has 2 amide bonds. The lowest BCUT2D eigenvalue weighted by atomic mass is 9.99. The summed E-state index contributed by atoms with van der Waals surface area (Å²) < 4.78 is 29.1. The van der Waals surface area contributed by atoms with Gasteiger partial charge in [0, 0.05) is 18.4 Å². The molecule has 1 heterocycles. The Hall–Kier alpha value is -2.39. The maximum absolute atomic E-state index is 12.7. The van der Waals surface area contributed by atoms with Crippen molar-refractivity contribution in [2.24, 2.45) is 0 Å². The number of aryl methyl sites for hydroxylation is 2. The lowest BCUT2D eigenvalue weighted by Gasteiger charge is -2.17. The number of hydrogen-bond acceptors (Lipinski definition) is 5. The van der Waals surface area contributed by atoms with Crippen LogP contribution in [0.5, 0.6) is 0 Å². The first-order chi connectivity index (χ1) is 14.2. The Kier molecular flexibility index (Phi) is 5.59. The highest BCUT2D eigenvalue weighted by molar-refractivity contribution is 7.90. The summed E-state index contributed by atoms with van der Waals surface area (Å²) in [6, 6.07) is 2.96. The van der Waals surface area contributed by atoms with Gasteiger partial charge in [0.25, 0.3) is 10.0 Å². The van der Waals surface area contributed by atoms with E-state index in [1.165, 1.54) is 17.2 Å². The van der Waals surface area contributed by atoms with E-state index in [1.54, 1.807) is 10.9 Å². The molecule has 9 heteroatoms. The van der Waals surface area contributed by atoms with E-state index in [-0.39, 0.29) is 11.1 Å². The number of aromatic nitrogens is 2. The SMILES string of the molecule is C[C@@H](CN(C)C)n1ccc(S(=O)(=O)NC(=O)Nc2c3c(cc4c2CCC4)CCC3)n1. The van der Waals surface area contributed by atoms with Gasteiger partial charge >= 0.3 is 6.03 Å². The zero-order chi connectivity index (χ0) is 21.5. The van der Waals surface area contributed by atoms with Crippen molar-refractivity contribution in [2.45, 2.75) is 56.5 Å². The Morgan fingerprint density at radius 2 is 1.80 bits per heavy atom. The molecule has 0 saturated heterocycles. The van der Waals surface area contributed by atoms with Crippen LogP contribution in [0.3, 0.4) is 0 Å². The van der Waals surface area contributed by atoms with Crippen molar-refractivity contribution in [1.82, 2.24) is 19.4 Å². The number of sulfonamides is 1. The fourth-order valence-electron chi connectivity index (χ4n) is 4.60. The Morgan fingerprint density at radius 1 is 1.17 bits per heavy atom. The molecule has 8 nitrogen and oxygen atoms in total. The second-order valence-corrected chi connectivity index (χ2v) is 10.2. The number of fused-ring (bicyclic) bond motifs is 2. The van der Waals surface area contributed by atoms with Gasteiger partial charge in [-0.1, -0.05) is 6.07 Å². The maximum atomic E-state index is 12.7. The van der Waals surface area contributed by atoms with Crippen LogP contribution < -0.4 is 10.0 Å². The fraction of sp³-hybridized carbons (Fsp3) is 0.524. The number of carbonyl (C=O) groups is 1. The molecule has 162 valence electrons. The lowest BCUT2D eigenvalue weighted by molar-refractivity contribution is 0.256. The molecule has 2 N–H and O–H groups in total. The van der Waals surface area contributed by atoms with Crippen LogP contribution in [0.25, 0.3) is 0 Å². The summed E-state index contributed by atoms with van der Waals surface area (Å²) in [6.07, 6.45) is 7.61. The molecule has 1 atom stereocenters. The first kappa shape index (κ1) is 20.9. The van der Waals surface area contributed by atoms with Gasteiger partial charge in [0.05, 0.1) is 6.04 Å². The third-order valence-corrected chi connectivity index (χ3v) is 7.10. The first-order valence-electron chi connectivity index (χ1n) is 10.4. The molecule has 0 unspecified atom stereocenters. The number of nitrogens with zero attached hydrogens (tertiary/aromatic N) is 3. The predicted octanol–water partition coefficient (Wildman–Crippen LogP) is 2.49. The van der Waals surface area contributed by atoms with E-state index >= 15 is 0 Å². The summed E-state index contributed by atoms with van der Waals surface area (Å²) in [5, 5.41) is 6.86. The van der Waals surface area contributed by atoms with Crippen LogP contribution in [0.15, 0.2) is 23.4 Å². The number of anilines is 1. The van der Waals surface area contributed by atoms with E-state index in [2.05, 4.69) is 21.2 Å². The number of benzene rings is 1. The predicted molar refractivity (Wildman–Crippen MR) is 115 cm³/mol. The second kappa shape index (κ2) is 8.03. The quantitative estimate of drug-likeness (QED) is 0.733. The molecule has 0 saturated carbocycles. The summed E-state index contributed by atoms with van der Waals surface area (Å²) in [5.74, 6) is 0. The van der Waals surface area contributed by atoms with Gasteiger partial charge in [-0.15, -0.1) is 0 Å². The van der Waals surface area contributed by atoms with Crippen molar-refractivity contribution < 1.29 is 13.2 Å². The van der Waals surface area contributed by atoms with Crippen molar-refractivity contribution in [3.8, 4) is 0 Å². The normalized spacial score (nSPS) is 16.4. The second-order valence-electron chi connectivity index (χ2n) is 8.54. The number of carbonyl (C=O) groups excluding carboxylic acids is 1. The summed E-state index contributed by atoms with van der Waals surface area (Å²) in [7, 11) is -0.166. The molecular weight excluding hydrogens is 402 g/mol. The third-order valence-electron chi connectivity index (χ3n) is 5.88. The van der Waals surface area contributed by atoms with Crippen molar-refractivity contribution in [1.29, 1.82) is 0 Å². The van der Waals surface area contributed by atoms with Gasteiger partial charge in [0.2, 0.25) is 0 Å². The molecule has 0 spiro atoms. The summed E-state index contributed by atoms with van der Waals surface area (Å²) in [4.78, 5) is 14.6. The molecule has 0 radical (unpaired) electrons. The smallest absolute Gasteiger partial charge is 0.307 e. The van der Waals surface area contributed by atoms with Gasteiger partial charge in [-0.25, -0.2) is 9.52 Å². The van der Waals surface area contributed by atoms with E-state index < -0.39 is 16.1 Å². The van der Waals surface area contributed by atoms with Crippen LogP contribution in [-0.2, 0) is 35.7 Å². The van der Waals surface area contributed by atoms with Crippen LogP contribution in [0.1, 0.15) is 48.1 Å². The van der Waals surface area contributed by atoms with Crippen LogP contribution in [0.4, 0.5) is 10.5 Å². The molecule has 2 aromatic rings. The molecule has 2 aliphatic rings. The number of likely N-dealkylation sites (N-methyl/N-ethyl adjacent to an activating group) is 1. The van der Waals surface area contributed by atoms with Crippen molar-refractivity contribution in [3.05, 3.63) is 40.6 Å². The topological polar surface area (TPSA) is 96.3 Å². The Balaban J connectivity index is 1.51. The average Bonchev–Trinajstić information content (AvgIpc) is 3.40. The highest BCUT2D eigenvalue weighted by Gasteiger charge is 2.27. The lowest BCUT2D eigenvalue weighted by Crippen LogP contribution is -2.35. The van der Waals surface area contributed by atoms with E-state index in [0.29, 0.717) is 0 Å². The van der Waals surface area contributed by atoms with Gasteiger partial charge in [0.1, 0.15) is 0 Å². The van der Waals surface area contributed by atoms with Crippen LogP contribution in [0.2, 0.25) is 0 Å². The van der Waals surface area contributed by atoms with Crippen LogP contribution in [-0.4, -0.2) is 49.8 Å². The average molecular weight is 432 g/mol. The Bertz CT molecular complexity index is 1040. The van der Waals surface area contributed by atoms with Crippen molar-refractivity contribution in [2.75, 3.05) is 26.0 Å². The highest BCUT2D eigenvalue weighted by Crippen LogP contribution is 2.38. The summed E-state index contributed by atoms with van der Waals surface area (Å²) in [6.45, 7) is 2.68. The summed E-state index contributed by atoms with van der Waals surface area (Å²) >= 11 is 0. The fourth-order valence-corrected chi connectivity index (χ4v) is 5.44. The number of urea groups is 1. The standard InChI is InChI=1S/C21H29N5O3S/c1-14(13-25(2)3)26-11-10-19(23-26)30(28,29)24-21(27)22-20-17-8-4-6-15(17)12-16-7-5-9-18(16)20/h10-12,14H,4-9,13H2,1-3H3,(H2,22,24,27)/t14-/m0/s1. The minimum atomic E-state index is -4.06. The first-order valence-corrected chi connectivity index (χ1v) is 11.9. The number of nitrogens with one attached hydrogen (secondary N) is 2. The van der Waals surface area contributed by atoms with Gasteiger partial charge < -0.3 is 10.2 Å². The van der Waals surface area contributed by atoms with Crippen molar-refractivity contribution in [3.63, 3.8) is 0 Å². The van der Waals surface area contributed by atoms with E-state index in [9.17, 15) is 13.2 Å². The Morgan fingerprint density at radius 3 is 2.40 bits per heavy atom. The monoisotopic (exact) mass is 431 g/mol. The van der Waals surface area contributed by atoms with Crippen molar-refractivity contribution >= 4 is 21.7 Å². The molecule has 0 bridgehead atoms. The molecule has 1 aromatic heterocycles. The zero-order valence-electron chi connectivity index (χ0n) is 17.7. The van der Waals surface area contributed by atoms with E-state index in [1.807, 2.05) is 25.9 Å². The van der Waals surface area contributed by atoms with Gasteiger partial charge in [-0.3, -0.25) is 4.68 Å². The minimum absolute atomic E-state index is 0.00673.